The molecule has 1 rings (SSSR count). The predicted molar refractivity (Wildman–Crippen MR) is 58.8 cm³/mol. The minimum absolute atomic E-state index is 0.0718. The second-order valence-corrected chi connectivity index (χ2v) is 3.78. The molecule has 17 heavy (non-hydrogen) atoms. The Morgan fingerprint density at radius 2 is 1.76 bits per heavy atom. The molecule has 0 aliphatic rings. The fraction of sp³-hybridized carbons (Fsp3) is 0.600. The lowest BCUT2D eigenvalue weighted by Crippen LogP contribution is -2.38. The fourth-order valence-electron chi connectivity index (χ4n) is 1.47. The Bertz CT molecular complexity index is 358. The molecule has 0 saturated heterocycles. The molecule has 0 aromatic carbocycles. The molecule has 0 atom stereocenters. The van der Waals surface area contributed by atoms with Gasteiger partial charge in [-0.2, -0.15) is 13.2 Å². The Balaban J connectivity index is 2.96. The zero-order valence-corrected chi connectivity index (χ0v) is 9.75. The number of nitrogens with zero attached hydrogens (tertiary/aromatic N) is 3. The van der Waals surface area contributed by atoms with Crippen LogP contribution in [0, 0.1) is 13.8 Å². The molecule has 0 aliphatic carbocycles. The maximum absolute atomic E-state index is 12.4. The van der Waals surface area contributed by atoms with Crippen LogP contribution in [0.3, 0.4) is 0 Å². The Labute approximate surface area is 97.7 Å². The molecule has 0 radical (unpaired) electrons. The number of nitrogens with two attached hydrogens (primary N) is 1. The van der Waals surface area contributed by atoms with Gasteiger partial charge >= 0.3 is 6.18 Å². The van der Waals surface area contributed by atoms with Crippen LogP contribution in [-0.2, 0) is 0 Å². The molecule has 4 nitrogen and oxygen atoms in total. The average Bonchev–Trinajstić information content (AvgIpc) is 2.13. The molecule has 0 unspecified atom stereocenters. The fourth-order valence-corrected chi connectivity index (χ4v) is 1.47. The van der Waals surface area contributed by atoms with Crippen LogP contribution < -0.4 is 10.6 Å². The number of alkyl halides is 3. The number of aryl methyl sites for hydroxylation is 2. The van der Waals surface area contributed by atoms with E-state index in [1.165, 1.54) is 0 Å². The van der Waals surface area contributed by atoms with Crippen LogP contribution in [0.25, 0.3) is 0 Å². The van der Waals surface area contributed by atoms with Crippen molar-refractivity contribution in [3.8, 4) is 0 Å². The van der Waals surface area contributed by atoms with Crippen LogP contribution in [0.2, 0.25) is 0 Å². The second kappa shape index (κ2) is 5.31. The highest BCUT2D eigenvalue weighted by molar-refractivity contribution is 5.32. The molecule has 1 aromatic rings. The van der Waals surface area contributed by atoms with Crippen LogP contribution in [0.5, 0.6) is 0 Å². The van der Waals surface area contributed by atoms with Gasteiger partial charge in [0.1, 0.15) is 6.54 Å². The minimum atomic E-state index is -4.30. The summed E-state index contributed by atoms with van der Waals surface area (Å²) in [6.45, 7) is 2.53. The quantitative estimate of drug-likeness (QED) is 0.875. The number of anilines is 1. The first-order valence-electron chi connectivity index (χ1n) is 5.16. The second-order valence-electron chi connectivity index (χ2n) is 3.78. The maximum Gasteiger partial charge on any atom is 0.406 e. The predicted octanol–water partition coefficient (Wildman–Crippen LogP) is 1.42. The lowest BCUT2D eigenvalue weighted by Gasteiger charge is -2.23. The van der Waals surface area contributed by atoms with Gasteiger partial charge in [-0.1, -0.05) is 0 Å². The zero-order valence-electron chi connectivity index (χ0n) is 9.75. The third-order valence-electron chi connectivity index (χ3n) is 2.02. The third kappa shape index (κ3) is 4.56. The summed E-state index contributed by atoms with van der Waals surface area (Å²) in [6, 6.07) is 1.71. The summed E-state index contributed by atoms with van der Waals surface area (Å²) in [5.74, 6) is 0.0743. The summed E-state index contributed by atoms with van der Waals surface area (Å²) < 4.78 is 37.1. The first-order chi connectivity index (χ1) is 7.81. The van der Waals surface area contributed by atoms with E-state index in [1.807, 2.05) is 0 Å². The van der Waals surface area contributed by atoms with Gasteiger partial charge in [0, 0.05) is 24.5 Å². The number of halogens is 3. The number of aromatic nitrogens is 2. The highest BCUT2D eigenvalue weighted by Gasteiger charge is 2.31. The van der Waals surface area contributed by atoms with Gasteiger partial charge in [-0.15, -0.1) is 0 Å². The SMILES string of the molecule is Cc1cc(C)nc(N(CCN)CC(F)(F)F)n1. The summed E-state index contributed by atoms with van der Waals surface area (Å²) in [6.07, 6.45) is -4.30. The first kappa shape index (κ1) is 13.7. The molecule has 1 aromatic heterocycles. The standard InChI is InChI=1S/C10H15F3N4/c1-7-5-8(2)16-9(15-7)17(4-3-14)6-10(11,12)13/h5H,3-4,6,14H2,1-2H3. The van der Waals surface area contributed by atoms with Crippen molar-refractivity contribution in [1.82, 2.24) is 9.97 Å². The van der Waals surface area contributed by atoms with Crippen LogP contribution >= 0.6 is 0 Å². The molecule has 1 heterocycles. The zero-order chi connectivity index (χ0) is 13.1. The van der Waals surface area contributed by atoms with E-state index < -0.39 is 12.7 Å². The molecule has 0 aliphatic heterocycles. The topological polar surface area (TPSA) is 55.0 Å². The molecule has 0 saturated carbocycles. The highest BCUT2D eigenvalue weighted by Crippen LogP contribution is 2.19. The van der Waals surface area contributed by atoms with Gasteiger partial charge in [0.2, 0.25) is 5.95 Å². The monoisotopic (exact) mass is 248 g/mol. The van der Waals surface area contributed by atoms with Crippen LogP contribution in [0.4, 0.5) is 19.1 Å². The van der Waals surface area contributed by atoms with Crippen molar-refractivity contribution in [3.05, 3.63) is 17.5 Å². The molecule has 0 bridgehead atoms. The highest BCUT2D eigenvalue weighted by atomic mass is 19.4. The Morgan fingerprint density at radius 1 is 1.24 bits per heavy atom. The maximum atomic E-state index is 12.4. The van der Waals surface area contributed by atoms with Crippen molar-refractivity contribution in [3.63, 3.8) is 0 Å². The Morgan fingerprint density at radius 3 is 2.18 bits per heavy atom. The van der Waals surface area contributed by atoms with Crippen LogP contribution in [0.1, 0.15) is 11.4 Å². The summed E-state index contributed by atoms with van der Waals surface area (Å²) in [5.41, 5.74) is 6.57. The Hall–Kier alpha value is -1.37. The first-order valence-corrected chi connectivity index (χ1v) is 5.16. The minimum Gasteiger partial charge on any atom is -0.330 e. The van der Waals surface area contributed by atoms with Gasteiger partial charge in [-0.05, 0) is 19.9 Å². The van der Waals surface area contributed by atoms with E-state index in [2.05, 4.69) is 9.97 Å². The molecule has 7 heteroatoms. The van der Waals surface area contributed by atoms with E-state index in [-0.39, 0.29) is 19.0 Å². The van der Waals surface area contributed by atoms with Crippen LogP contribution in [0.15, 0.2) is 6.07 Å². The third-order valence-corrected chi connectivity index (χ3v) is 2.02. The van der Waals surface area contributed by atoms with Gasteiger partial charge in [0.15, 0.2) is 0 Å². The smallest absolute Gasteiger partial charge is 0.330 e. The summed E-state index contributed by atoms with van der Waals surface area (Å²) in [7, 11) is 0. The van der Waals surface area contributed by atoms with Gasteiger partial charge in [0.25, 0.3) is 0 Å². The van der Waals surface area contributed by atoms with Crippen molar-refractivity contribution in [2.24, 2.45) is 5.73 Å². The normalized spacial score (nSPS) is 11.6. The number of rotatable bonds is 4. The van der Waals surface area contributed by atoms with E-state index in [4.69, 9.17) is 5.73 Å². The number of hydrogen-bond acceptors (Lipinski definition) is 4. The molecule has 2 N–H and O–H groups in total. The Kier molecular flexibility index (Phi) is 4.28. The van der Waals surface area contributed by atoms with Crippen molar-refractivity contribution >= 4 is 5.95 Å². The van der Waals surface area contributed by atoms with Crippen molar-refractivity contribution in [2.75, 3.05) is 24.5 Å². The van der Waals surface area contributed by atoms with E-state index in [0.717, 1.165) is 4.90 Å². The van der Waals surface area contributed by atoms with Crippen molar-refractivity contribution in [1.29, 1.82) is 0 Å². The van der Waals surface area contributed by atoms with Crippen LogP contribution in [-0.4, -0.2) is 35.8 Å². The van der Waals surface area contributed by atoms with Gasteiger partial charge in [-0.3, -0.25) is 0 Å². The lowest BCUT2D eigenvalue weighted by atomic mass is 10.3. The van der Waals surface area contributed by atoms with E-state index in [1.54, 1.807) is 19.9 Å². The number of hydrogen-bond donors (Lipinski definition) is 1. The molecule has 0 fully saturated rings. The lowest BCUT2D eigenvalue weighted by molar-refractivity contribution is -0.119. The van der Waals surface area contributed by atoms with E-state index >= 15 is 0 Å². The largest absolute Gasteiger partial charge is 0.406 e. The molecular weight excluding hydrogens is 233 g/mol. The van der Waals surface area contributed by atoms with Gasteiger partial charge in [-0.25, -0.2) is 9.97 Å². The molecule has 96 valence electrons. The summed E-state index contributed by atoms with van der Waals surface area (Å²) >= 11 is 0. The molecular formula is C10H15F3N4. The van der Waals surface area contributed by atoms with Crippen molar-refractivity contribution in [2.45, 2.75) is 20.0 Å². The van der Waals surface area contributed by atoms with Crippen molar-refractivity contribution < 1.29 is 13.2 Å². The molecule has 0 spiro atoms. The summed E-state index contributed by atoms with van der Waals surface area (Å²) in [5, 5.41) is 0. The van der Waals surface area contributed by atoms with Gasteiger partial charge in [0.05, 0.1) is 0 Å². The van der Waals surface area contributed by atoms with E-state index in [0.29, 0.717) is 11.4 Å². The summed E-state index contributed by atoms with van der Waals surface area (Å²) in [4.78, 5) is 9.03. The average molecular weight is 248 g/mol. The molecule has 0 amide bonds. The van der Waals surface area contributed by atoms with E-state index in [9.17, 15) is 13.2 Å². The van der Waals surface area contributed by atoms with Gasteiger partial charge < -0.3 is 10.6 Å².